The largest absolute Gasteiger partial charge is 0.329 e. The molecule has 0 heterocycles. The Balaban J connectivity index is 4.38. The minimum absolute atomic E-state index is 0.220. The predicted octanol–water partition coefficient (Wildman–Crippen LogP) is 4.58. The maximum absolute atomic E-state index is 6.12. The zero-order valence-electron chi connectivity index (χ0n) is 14.0. The normalized spacial score (nSPS) is 14.8. The molecule has 0 aliphatic carbocycles. The van der Waals surface area contributed by atoms with Gasteiger partial charge in [-0.25, -0.2) is 0 Å². The molecule has 1 unspecified atom stereocenters. The van der Waals surface area contributed by atoms with Crippen LogP contribution in [0.2, 0.25) is 0 Å². The molecule has 0 aromatic carbocycles. The smallest absolute Gasteiger partial charge is 0.0303 e. The highest BCUT2D eigenvalue weighted by molar-refractivity contribution is 4.87. The van der Waals surface area contributed by atoms with Crippen LogP contribution in [-0.4, -0.2) is 30.1 Å². The Bertz CT molecular complexity index is 186. The molecule has 19 heavy (non-hydrogen) atoms. The van der Waals surface area contributed by atoms with Gasteiger partial charge in [-0.2, -0.15) is 0 Å². The summed E-state index contributed by atoms with van der Waals surface area (Å²) in [4.78, 5) is 2.67. The van der Waals surface area contributed by atoms with Gasteiger partial charge in [0.15, 0.2) is 0 Å². The molecule has 0 aromatic rings. The van der Waals surface area contributed by atoms with Gasteiger partial charge in [-0.1, -0.05) is 59.3 Å². The van der Waals surface area contributed by atoms with Crippen molar-refractivity contribution in [3.63, 3.8) is 0 Å². The molecule has 0 saturated heterocycles. The number of nitrogens with zero attached hydrogens (tertiary/aromatic N) is 1. The van der Waals surface area contributed by atoms with Gasteiger partial charge < -0.3 is 5.73 Å². The molecule has 0 bridgehead atoms. The first-order valence-electron chi connectivity index (χ1n) is 8.59. The Hall–Kier alpha value is -0.0800. The quantitative estimate of drug-likeness (QED) is 0.496. The Morgan fingerprint density at radius 3 is 1.74 bits per heavy atom. The van der Waals surface area contributed by atoms with E-state index in [1.54, 1.807) is 0 Å². The van der Waals surface area contributed by atoms with Gasteiger partial charge in [0.2, 0.25) is 0 Å². The van der Waals surface area contributed by atoms with Gasteiger partial charge >= 0.3 is 0 Å². The molecule has 116 valence electrons. The third-order valence-corrected chi connectivity index (χ3v) is 4.34. The average molecular weight is 271 g/mol. The summed E-state index contributed by atoms with van der Waals surface area (Å²) >= 11 is 0. The molecule has 0 aliphatic heterocycles. The van der Waals surface area contributed by atoms with Crippen LogP contribution >= 0.6 is 0 Å². The first kappa shape index (κ1) is 18.9. The number of hydrogen-bond donors (Lipinski definition) is 1. The van der Waals surface area contributed by atoms with Crippen LogP contribution in [0, 0.1) is 0 Å². The topological polar surface area (TPSA) is 29.3 Å². The lowest BCUT2D eigenvalue weighted by Crippen LogP contribution is -2.52. The van der Waals surface area contributed by atoms with Gasteiger partial charge in [-0.05, 0) is 39.3 Å². The molecule has 0 radical (unpaired) electrons. The van der Waals surface area contributed by atoms with Crippen molar-refractivity contribution in [1.29, 1.82) is 0 Å². The number of unbranched alkanes of at least 4 members (excludes halogenated alkanes) is 5. The van der Waals surface area contributed by atoms with Crippen LogP contribution in [0.25, 0.3) is 0 Å². The maximum Gasteiger partial charge on any atom is 0.0303 e. The number of nitrogens with two attached hydrogens (primary N) is 1. The lowest BCUT2D eigenvalue weighted by molar-refractivity contribution is 0.0945. The van der Waals surface area contributed by atoms with Gasteiger partial charge in [0.1, 0.15) is 0 Å². The van der Waals surface area contributed by atoms with Crippen molar-refractivity contribution in [2.45, 2.75) is 91.0 Å². The van der Waals surface area contributed by atoms with Gasteiger partial charge in [0.05, 0.1) is 0 Å². The molecular weight excluding hydrogens is 232 g/mol. The molecule has 0 rings (SSSR count). The van der Waals surface area contributed by atoms with E-state index in [9.17, 15) is 0 Å². The Kier molecular flexibility index (Phi) is 11.7. The molecule has 0 aliphatic rings. The molecule has 2 N–H and O–H groups in total. The maximum atomic E-state index is 6.12. The summed E-state index contributed by atoms with van der Waals surface area (Å²) in [5.74, 6) is 0. The average Bonchev–Trinajstić information content (AvgIpc) is 2.43. The SMILES string of the molecule is CCCCCCC(C)(CN)N(CCCC)CCCC. The van der Waals surface area contributed by atoms with E-state index in [1.165, 1.54) is 70.9 Å². The predicted molar refractivity (Wildman–Crippen MR) is 87.6 cm³/mol. The van der Waals surface area contributed by atoms with Crippen LogP contribution in [0.4, 0.5) is 0 Å². The fourth-order valence-electron chi connectivity index (χ4n) is 2.67. The first-order chi connectivity index (χ1) is 9.14. The lowest BCUT2D eigenvalue weighted by atomic mass is 9.91. The molecule has 0 fully saturated rings. The standard InChI is InChI=1S/C17H38N2/c1-5-8-11-12-13-17(4,16-18)19(14-9-6-2)15-10-7-3/h5-16,18H2,1-4H3. The van der Waals surface area contributed by atoms with Crippen LogP contribution < -0.4 is 5.73 Å². The van der Waals surface area contributed by atoms with Crippen molar-refractivity contribution in [2.24, 2.45) is 5.73 Å². The summed E-state index contributed by atoms with van der Waals surface area (Å²) < 4.78 is 0. The lowest BCUT2D eigenvalue weighted by Gasteiger charge is -2.41. The highest BCUT2D eigenvalue weighted by Gasteiger charge is 2.28. The van der Waals surface area contributed by atoms with Crippen molar-refractivity contribution < 1.29 is 0 Å². The van der Waals surface area contributed by atoms with E-state index >= 15 is 0 Å². The van der Waals surface area contributed by atoms with Crippen molar-refractivity contribution in [3.05, 3.63) is 0 Å². The highest BCUT2D eigenvalue weighted by atomic mass is 15.2. The monoisotopic (exact) mass is 270 g/mol. The van der Waals surface area contributed by atoms with Crippen molar-refractivity contribution in [3.8, 4) is 0 Å². The molecule has 2 nitrogen and oxygen atoms in total. The van der Waals surface area contributed by atoms with Gasteiger partial charge in [0.25, 0.3) is 0 Å². The molecule has 2 heteroatoms. The van der Waals surface area contributed by atoms with Crippen molar-refractivity contribution >= 4 is 0 Å². The zero-order valence-corrected chi connectivity index (χ0v) is 14.0. The third-order valence-electron chi connectivity index (χ3n) is 4.34. The summed E-state index contributed by atoms with van der Waals surface area (Å²) in [7, 11) is 0. The fourth-order valence-corrected chi connectivity index (χ4v) is 2.67. The molecule has 0 saturated carbocycles. The second-order valence-corrected chi connectivity index (χ2v) is 6.21. The van der Waals surface area contributed by atoms with Crippen molar-refractivity contribution in [2.75, 3.05) is 19.6 Å². The van der Waals surface area contributed by atoms with Gasteiger partial charge in [-0.15, -0.1) is 0 Å². The molecule has 0 amide bonds. The Morgan fingerprint density at radius 2 is 1.32 bits per heavy atom. The first-order valence-corrected chi connectivity index (χ1v) is 8.59. The molecule has 1 atom stereocenters. The van der Waals surface area contributed by atoms with E-state index < -0.39 is 0 Å². The van der Waals surface area contributed by atoms with E-state index in [1.807, 2.05) is 0 Å². The van der Waals surface area contributed by atoms with Gasteiger partial charge in [-0.3, -0.25) is 4.90 Å². The molecule has 0 aromatic heterocycles. The summed E-state index contributed by atoms with van der Waals surface area (Å²) in [6.07, 6.45) is 11.8. The molecule has 0 spiro atoms. The van der Waals surface area contributed by atoms with Crippen LogP contribution in [0.15, 0.2) is 0 Å². The minimum atomic E-state index is 0.220. The number of rotatable bonds is 13. The summed E-state index contributed by atoms with van der Waals surface area (Å²) in [6, 6.07) is 0. The summed E-state index contributed by atoms with van der Waals surface area (Å²) in [6.45, 7) is 12.4. The van der Waals surface area contributed by atoms with Crippen LogP contribution in [0.3, 0.4) is 0 Å². The Morgan fingerprint density at radius 1 is 0.789 bits per heavy atom. The van der Waals surface area contributed by atoms with Crippen LogP contribution in [-0.2, 0) is 0 Å². The second-order valence-electron chi connectivity index (χ2n) is 6.21. The summed E-state index contributed by atoms with van der Waals surface area (Å²) in [5.41, 5.74) is 6.34. The number of hydrogen-bond acceptors (Lipinski definition) is 2. The van der Waals surface area contributed by atoms with E-state index in [4.69, 9.17) is 5.73 Å². The second kappa shape index (κ2) is 11.7. The molecular formula is C17H38N2. The van der Waals surface area contributed by atoms with Crippen LogP contribution in [0.1, 0.15) is 85.5 Å². The van der Waals surface area contributed by atoms with E-state index in [0.717, 1.165) is 6.54 Å². The van der Waals surface area contributed by atoms with Gasteiger partial charge in [0, 0.05) is 12.1 Å². The van der Waals surface area contributed by atoms with E-state index in [0.29, 0.717) is 0 Å². The minimum Gasteiger partial charge on any atom is -0.329 e. The van der Waals surface area contributed by atoms with E-state index in [-0.39, 0.29) is 5.54 Å². The highest BCUT2D eigenvalue weighted by Crippen LogP contribution is 2.23. The summed E-state index contributed by atoms with van der Waals surface area (Å²) in [5, 5.41) is 0. The van der Waals surface area contributed by atoms with Crippen LogP contribution in [0.5, 0.6) is 0 Å². The fraction of sp³-hybridized carbons (Fsp3) is 1.00. The Labute approximate surface area is 122 Å². The van der Waals surface area contributed by atoms with E-state index in [2.05, 4.69) is 32.6 Å². The third kappa shape index (κ3) is 7.94. The zero-order chi connectivity index (χ0) is 14.6. The van der Waals surface area contributed by atoms with Crippen molar-refractivity contribution in [1.82, 2.24) is 4.90 Å².